The van der Waals surface area contributed by atoms with Gasteiger partial charge >= 0.3 is 0 Å². The van der Waals surface area contributed by atoms with Crippen LogP contribution < -0.4 is 10.2 Å². The van der Waals surface area contributed by atoms with Crippen LogP contribution in [0.3, 0.4) is 0 Å². The summed E-state index contributed by atoms with van der Waals surface area (Å²) in [6, 6.07) is 4.18. The smallest absolute Gasteiger partial charge is 0.229 e. The van der Waals surface area contributed by atoms with Crippen LogP contribution in [0, 0.1) is 17.7 Å². The summed E-state index contributed by atoms with van der Waals surface area (Å²) >= 11 is 0. The maximum absolute atomic E-state index is 14.1. The van der Waals surface area contributed by atoms with Crippen LogP contribution in [0.1, 0.15) is 20.3 Å². The summed E-state index contributed by atoms with van der Waals surface area (Å²) in [5.74, 6) is -1.31. The number of halogens is 1. The summed E-state index contributed by atoms with van der Waals surface area (Å²) < 4.78 is 14.1. The van der Waals surface area contributed by atoms with E-state index in [1.54, 1.807) is 12.1 Å². The predicted octanol–water partition coefficient (Wildman–Crippen LogP) is 1.19. The number of aromatic amines is 1. The summed E-state index contributed by atoms with van der Waals surface area (Å²) in [5.41, 5.74) is 0.496. The fourth-order valence-electron chi connectivity index (χ4n) is 3.02. The molecule has 1 aliphatic rings. The fraction of sp³-hybridized carbons (Fsp3) is 0.471. The maximum Gasteiger partial charge on any atom is 0.229 e. The van der Waals surface area contributed by atoms with E-state index < -0.39 is 11.7 Å². The number of aliphatic hydroxyl groups is 1. The van der Waals surface area contributed by atoms with E-state index in [0.29, 0.717) is 5.52 Å². The van der Waals surface area contributed by atoms with E-state index in [2.05, 4.69) is 15.5 Å². The number of rotatable bonds is 5. The van der Waals surface area contributed by atoms with E-state index in [9.17, 15) is 19.1 Å². The molecule has 134 valence electrons. The highest BCUT2D eigenvalue weighted by atomic mass is 19.1. The number of aromatic nitrogens is 2. The first-order chi connectivity index (χ1) is 11.9. The summed E-state index contributed by atoms with van der Waals surface area (Å²) in [5, 5.41) is 19.1. The van der Waals surface area contributed by atoms with Crippen molar-refractivity contribution in [1.82, 2.24) is 15.5 Å². The standard InChI is InChI=1S/C17H21FN4O3/c1-9(2)13(8-23)19-17(25)10-6-14(24)22(7-10)16-15-11(18)4-3-5-12(15)20-21-16/h3-5,9-10,13,23H,6-8H2,1-2H3,(H,19,25)(H,20,21)/t10-,13+/m1/s1. The first-order valence-corrected chi connectivity index (χ1v) is 8.26. The van der Waals surface area contributed by atoms with Crippen molar-refractivity contribution in [2.24, 2.45) is 11.8 Å². The number of amides is 2. The maximum atomic E-state index is 14.1. The molecule has 2 heterocycles. The Morgan fingerprint density at radius 1 is 1.52 bits per heavy atom. The van der Waals surface area contributed by atoms with Crippen LogP contribution in [-0.4, -0.2) is 46.3 Å². The Balaban J connectivity index is 1.79. The number of anilines is 1. The lowest BCUT2D eigenvalue weighted by Gasteiger charge is -2.22. The molecular weight excluding hydrogens is 327 g/mol. The molecule has 2 amide bonds. The van der Waals surface area contributed by atoms with Crippen LogP contribution in [0.15, 0.2) is 18.2 Å². The molecule has 0 saturated carbocycles. The molecule has 25 heavy (non-hydrogen) atoms. The Bertz CT molecular complexity index is 804. The van der Waals surface area contributed by atoms with Gasteiger partial charge in [0, 0.05) is 13.0 Å². The number of benzene rings is 1. The average molecular weight is 348 g/mol. The number of nitrogens with one attached hydrogen (secondary N) is 2. The Hall–Kier alpha value is -2.48. The molecule has 0 radical (unpaired) electrons. The fourth-order valence-corrected chi connectivity index (χ4v) is 3.02. The Labute approximate surface area is 144 Å². The lowest BCUT2D eigenvalue weighted by Crippen LogP contribution is -2.44. The number of hydrogen-bond donors (Lipinski definition) is 3. The molecule has 0 unspecified atom stereocenters. The minimum Gasteiger partial charge on any atom is -0.394 e. The van der Waals surface area contributed by atoms with Crippen molar-refractivity contribution >= 4 is 28.5 Å². The average Bonchev–Trinajstić information content (AvgIpc) is 3.16. The van der Waals surface area contributed by atoms with Gasteiger partial charge in [-0.1, -0.05) is 19.9 Å². The monoisotopic (exact) mass is 348 g/mol. The van der Waals surface area contributed by atoms with Gasteiger partial charge in [-0.05, 0) is 18.1 Å². The molecule has 1 aromatic carbocycles. The van der Waals surface area contributed by atoms with Crippen LogP contribution >= 0.6 is 0 Å². The molecule has 0 bridgehead atoms. The number of fused-ring (bicyclic) bond motifs is 1. The molecule has 2 atom stereocenters. The number of aliphatic hydroxyl groups excluding tert-OH is 1. The molecule has 3 N–H and O–H groups in total. The van der Waals surface area contributed by atoms with E-state index in [1.165, 1.54) is 11.0 Å². The van der Waals surface area contributed by atoms with Crippen molar-refractivity contribution in [3.05, 3.63) is 24.0 Å². The SMILES string of the molecule is CC(C)[C@H](CO)NC(=O)[C@@H]1CC(=O)N(c2n[nH]c3cccc(F)c23)C1. The van der Waals surface area contributed by atoms with E-state index in [0.717, 1.165) is 0 Å². The van der Waals surface area contributed by atoms with Gasteiger partial charge in [-0.2, -0.15) is 5.10 Å². The molecule has 0 spiro atoms. The Morgan fingerprint density at radius 3 is 2.96 bits per heavy atom. The van der Waals surface area contributed by atoms with Crippen LogP contribution in [-0.2, 0) is 9.59 Å². The van der Waals surface area contributed by atoms with Gasteiger partial charge < -0.3 is 10.4 Å². The van der Waals surface area contributed by atoms with Gasteiger partial charge in [0.25, 0.3) is 0 Å². The summed E-state index contributed by atoms with van der Waals surface area (Å²) in [7, 11) is 0. The summed E-state index contributed by atoms with van der Waals surface area (Å²) in [4.78, 5) is 26.1. The van der Waals surface area contributed by atoms with E-state index in [-0.39, 0.29) is 54.6 Å². The van der Waals surface area contributed by atoms with Gasteiger partial charge in [-0.3, -0.25) is 19.6 Å². The van der Waals surface area contributed by atoms with Crippen LogP contribution in [0.5, 0.6) is 0 Å². The van der Waals surface area contributed by atoms with Gasteiger partial charge in [0.1, 0.15) is 5.82 Å². The second-order valence-corrected chi connectivity index (χ2v) is 6.66. The number of hydrogen-bond acceptors (Lipinski definition) is 4. The van der Waals surface area contributed by atoms with Gasteiger partial charge in [0.15, 0.2) is 5.82 Å². The number of carbonyl (C=O) groups is 2. The summed E-state index contributed by atoms with van der Waals surface area (Å²) in [6.45, 7) is 3.76. The van der Waals surface area contributed by atoms with Crippen molar-refractivity contribution in [3.63, 3.8) is 0 Å². The topological polar surface area (TPSA) is 98.3 Å². The predicted molar refractivity (Wildman–Crippen MR) is 90.4 cm³/mol. The van der Waals surface area contributed by atoms with E-state index in [1.807, 2.05) is 13.8 Å². The third-order valence-corrected chi connectivity index (χ3v) is 4.60. The van der Waals surface area contributed by atoms with Crippen molar-refractivity contribution in [2.45, 2.75) is 26.3 Å². The zero-order chi connectivity index (χ0) is 18.1. The Kier molecular flexibility index (Phi) is 4.71. The minimum absolute atomic E-state index is 0.0326. The van der Waals surface area contributed by atoms with E-state index >= 15 is 0 Å². The third-order valence-electron chi connectivity index (χ3n) is 4.60. The number of nitrogens with zero attached hydrogens (tertiary/aromatic N) is 2. The largest absolute Gasteiger partial charge is 0.394 e. The molecular formula is C17H21FN4O3. The van der Waals surface area contributed by atoms with Crippen molar-refractivity contribution in [1.29, 1.82) is 0 Å². The second kappa shape index (κ2) is 6.79. The molecule has 8 heteroatoms. The Morgan fingerprint density at radius 2 is 2.28 bits per heavy atom. The van der Waals surface area contributed by atoms with Gasteiger partial charge in [0.2, 0.25) is 11.8 Å². The van der Waals surface area contributed by atoms with E-state index in [4.69, 9.17) is 0 Å². The zero-order valence-corrected chi connectivity index (χ0v) is 14.1. The molecule has 1 saturated heterocycles. The molecule has 1 aromatic heterocycles. The first kappa shape index (κ1) is 17.3. The quantitative estimate of drug-likeness (QED) is 0.756. The second-order valence-electron chi connectivity index (χ2n) is 6.66. The van der Waals surface area contributed by atoms with Gasteiger partial charge in [0.05, 0.1) is 29.5 Å². The highest BCUT2D eigenvalue weighted by Crippen LogP contribution is 2.31. The molecule has 0 aliphatic carbocycles. The highest BCUT2D eigenvalue weighted by molar-refractivity contribution is 6.05. The van der Waals surface area contributed by atoms with Crippen molar-refractivity contribution in [2.75, 3.05) is 18.1 Å². The lowest BCUT2D eigenvalue weighted by atomic mass is 10.0. The normalized spacial score (nSPS) is 19.0. The summed E-state index contributed by atoms with van der Waals surface area (Å²) in [6.07, 6.45) is 0.0326. The van der Waals surface area contributed by atoms with Crippen molar-refractivity contribution < 1.29 is 19.1 Å². The highest BCUT2D eigenvalue weighted by Gasteiger charge is 2.38. The minimum atomic E-state index is -0.557. The molecule has 1 aliphatic heterocycles. The number of carbonyl (C=O) groups excluding carboxylic acids is 2. The van der Waals surface area contributed by atoms with Crippen LogP contribution in [0.4, 0.5) is 10.2 Å². The molecule has 3 rings (SSSR count). The van der Waals surface area contributed by atoms with Gasteiger partial charge in [-0.15, -0.1) is 0 Å². The third kappa shape index (κ3) is 3.21. The first-order valence-electron chi connectivity index (χ1n) is 8.26. The van der Waals surface area contributed by atoms with Crippen LogP contribution in [0.25, 0.3) is 10.9 Å². The molecule has 2 aromatic rings. The zero-order valence-electron chi connectivity index (χ0n) is 14.1. The number of H-pyrrole nitrogens is 1. The molecule has 1 fully saturated rings. The lowest BCUT2D eigenvalue weighted by molar-refractivity contribution is -0.127. The molecule has 7 nitrogen and oxygen atoms in total. The van der Waals surface area contributed by atoms with Crippen molar-refractivity contribution in [3.8, 4) is 0 Å². The van der Waals surface area contributed by atoms with Gasteiger partial charge in [-0.25, -0.2) is 4.39 Å². The van der Waals surface area contributed by atoms with Crippen LogP contribution in [0.2, 0.25) is 0 Å².